The van der Waals surface area contributed by atoms with Crippen LogP contribution < -0.4 is 5.73 Å². The van der Waals surface area contributed by atoms with Crippen LogP contribution in [0, 0.1) is 0 Å². The van der Waals surface area contributed by atoms with Gasteiger partial charge in [0.25, 0.3) is 0 Å². The quantitative estimate of drug-likeness (QED) is 0.882. The van der Waals surface area contributed by atoms with Crippen LogP contribution in [0.25, 0.3) is 0 Å². The van der Waals surface area contributed by atoms with Gasteiger partial charge in [-0.25, -0.2) is 9.67 Å². The molecule has 3 rings (SSSR count). The maximum absolute atomic E-state index is 6.85. The van der Waals surface area contributed by atoms with Gasteiger partial charge in [-0.1, -0.05) is 30.7 Å². The normalized spacial score (nSPS) is 22.1. The number of nitrogens with zero attached hydrogens (tertiary/aromatic N) is 3. The van der Waals surface area contributed by atoms with Crippen molar-refractivity contribution in [3.63, 3.8) is 0 Å². The molecule has 0 aliphatic heterocycles. The molecule has 2 N–H and O–H groups in total. The number of nitrogens with two attached hydrogens (primary N) is 1. The molecular weight excluding hydrogens is 260 g/mol. The highest BCUT2D eigenvalue weighted by molar-refractivity contribution is 5.35. The second-order valence-electron chi connectivity index (χ2n) is 6.41. The maximum Gasteiger partial charge on any atom is 0.138 e. The van der Waals surface area contributed by atoms with E-state index in [0.717, 1.165) is 25.1 Å². The van der Waals surface area contributed by atoms with E-state index in [1.807, 2.05) is 4.68 Å². The molecule has 4 heteroatoms. The van der Waals surface area contributed by atoms with Crippen LogP contribution in [-0.2, 0) is 18.4 Å². The number of aromatic nitrogens is 3. The summed E-state index contributed by atoms with van der Waals surface area (Å²) in [5, 5.41) is 4.34. The average molecular weight is 284 g/mol. The Hall–Kier alpha value is -1.68. The molecule has 0 saturated heterocycles. The van der Waals surface area contributed by atoms with E-state index < -0.39 is 0 Å². The molecule has 1 aliphatic carbocycles. The van der Waals surface area contributed by atoms with Crippen molar-refractivity contribution < 1.29 is 0 Å². The van der Waals surface area contributed by atoms with Gasteiger partial charge in [-0.15, -0.1) is 0 Å². The third-order valence-electron chi connectivity index (χ3n) is 4.48. The summed E-state index contributed by atoms with van der Waals surface area (Å²) in [5.74, 6) is 0.990. The van der Waals surface area contributed by atoms with E-state index in [-0.39, 0.29) is 5.54 Å². The van der Waals surface area contributed by atoms with Gasteiger partial charge in [0.1, 0.15) is 12.2 Å². The average Bonchev–Trinajstić information content (AvgIpc) is 2.85. The molecule has 0 spiro atoms. The van der Waals surface area contributed by atoms with E-state index in [1.165, 1.54) is 24.0 Å². The molecule has 1 aromatic carbocycles. The lowest BCUT2D eigenvalue weighted by atomic mass is 9.82. The van der Waals surface area contributed by atoms with Crippen molar-refractivity contribution in [3.05, 3.63) is 47.5 Å². The molecular formula is C17H24N4. The zero-order valence-electron chi connectivity index (χ0n) is 12.9. The van der Waals surface area contributed by atoms with E-state index in [1.54, 1.807) is 6.33 Å². The number of fused-ring (bicyclic) bond motifs is 1. The molecule has 0 amide bonds. The van der Waals surface area contributed by atoms with Crippen LogP contribution in [0.4, 0.5) is 0 Å². The Morgan fingerprint density at radius 1 is 1.29 bits per heavy atom. The van der Waals surface area contributed by atoms with Gasteiger partial charge in [-0.05, 0) is 44.2 Å². The van der Waals surface area contributed by atoms with E-state index in [2.05, 4.69) is 48.2 Å². The fourth-order valence-corrected chi connectivity index (χ4v) is 3.41. The number of benzene rings is 1. The minimum absolute atomic E-state index is 0.312. The Labute approximate surface area is 126 Å². The second-order valence-corrected chi connectivity index (χ2v) is 6.41. The third-order valence-corrected chi connectivity index (χ3v) is 4.48. The van der Waals surface area contributed by atoms with Crippen LogP contribution in [0.2, 0.25) is 0 Å². The summed E-state index contributed by atoms with van der Waals surface area (Å²) in [6.07, 6.45) is 6.91. The SMILES string of the molecule is CC(C)n1ncnc1CC1(N)CCCCc2ccccc21. The summed E-state index contributed by atoms with van der Waals surface area (Å²) in [6.45, 7) is 4.25. The summed E-state index contributed by atoms with van der Waals surface area (Å²) in [7, 11) is 0. The van der Waals surface area contributed by atoms with Crippen LogP contribution in [0.15, 0.2) is 30.6 Å². The van der Waals surface area contributed by atoms with Crippen molar-refractivity contribution in [3.8, 4) is 0 Å². The molecule has 0 radical (unpaired) electrons. The molecule has 1 unspecified atom stereocenters. The van der Waals surface area contributed by atoms with Gasteiger partial charge in [-0.2, -0.15) is 5.10 Å². The number of rotatable bonds is 3. The van der Waals surface area contributed by atoms with Gasteiger partial charge in [0.2, 0.25) is 0 Å². The number of hydrogen-bond donors (Lipinski definition) is 1. The number of hydrogen-bond acceptors (Lipinski definition) is 3. The fourth-order valence-electron chi connectivity index (χ4n) is 3.41. The van der Waals surface area contributed by atoms with Crippen molar-refractivity contribution in [2.24, 2.45) is 5.73 Å². The largest absolute Gasteiger partial charge is 0.321 e. The summed E-state index contributed by atoms with van der Waals surface area (Å²) in [5.41, 5.74) is 9.21. The Morgan fingerprint density at radius 3 is 2.90 bits per heavy atom. The lowest BCUT2D eigenvalue weighted by molar-refractivity contribution is 0.373. The highest BCUT2D eigenvalue weighted by atomic mass is 15.3. The lowest BCUT2D eigenvalue weighted by Crippen LogP contribution is -2.40. The van der Waals surface area contributed by atoms with E-state index in [9.17, 15) is 0 Å². The smallest absolute Gasteiger partial charge is 0.138 e. The summed E-state index contributed by atoms with van der Waals surface area (Å²) in [6, 6.07) is 8.93. The number of aryl methyl sites for hydroxylation is 1. The van der Waals surface area contributed by atoms with Crippen molar-refractivity contribution in [1.82, 2.24) is 14.8 Å². The summed E-state index contributed by atoms with van der Waals surface area (Å²) in [4.78, 5) is 4.45. The van der Waals surface area contributed by atoms with Crippen LogP contribution in [0.5, 0.6) is 0 Å². The van der Waals surface area contributed by atoms with Crippen LogP contribution in [0.3, 0.4) is 0 Å². The fraction of sp³-hybridized carbons (Fsp3) is 0.529. The molecule has 1 heterocycles. The molecule has 1 aliphatic rings. The molecule has 0 fully saturated rings. The Morgan fingerprint density at radius 2 is 2.10 bits per heavy atom. The summed E-state index contributed by atoms with van der Waals surface area (Å²) < 4.78 is 1.99. The van der Waals surface area contributed by atoms with Crippen molar-refractivity contribution in [1.29, 1.82) is 0 Å². The van der Waals surface area contributed by atoms with Crippen molar-refractivity contribution >= 4 is 0 Å². The highest BCUT2D eigenvalue weighted by Crippen LogP contribution is 2.34. The molecule has 1 atom stereocenters. The van der Waals surface area contributed by atoms with E-state index in [0.29, 0.717) is 6.04 Å². The first-order chi connectivity index (χ1) is 10.1. The topological polar surface area (TPSA) is 56.7 Å². The first kappa shape index (κ1) is 14.3. The van der Waals surface area contributed by atoms with Crippen LogP contribution in [-0.4, -0.2) is 14.8 Å². The Bertz CT molecular complexity index is 617. The van der Waals surface area contributed by atoms with Gasteiger partial charge < -0.3 is 5.73 Å². The van der Waals surface area contributed by atoms with Crippen molar-refractivity contribution in [2.45, 2.75) is 57.5 Å². The molecule has 112 valence electrons. The predicted octanol–water partition coefficient (Wildman–Crippen LogP) is 2.98. The molecule has 4 nitrogen and oxygen atoms in total. The zero-order valence-corrected chi connectivity index (χ0v) is 12.9. The predicted molar refractivity (Wildman–Crippen MR) is 84.0 cm³/mol. The lowest BCUT2D eigenvalue weighted by Gasteiger charge is -2.30. The Kier molecular flexibility index (Phi) is 3.81. The van der Waals surface area contributed by atoms with Gasteiger partial charge >= 0.3 is 0 Å². The van der Waals surface area contributed by atoms with E-state index in [4.69, 9.17) is 5.73 Å². The van der Waals surface area contributed by atoms with E-state index >= 15 is 0 Å². The van der Waals surface area contributed by atoms with Crippen LogP contribution in [0.1, 0.15) is 56.1 Å². The maximum atomic E-state index is 6.85. The second kappa shape index (κ2) is 5.60. The molecule has 1 aromatic heterocycles. The van der Waals surface area contributed by atoms with Gasteiger partial charge in [0.05, 0.1) is 0 Å². The monoisotopic (exact) mass is 284 g/mol. The van der Waals surface area contributed by atoms with Crippen molar-refractivity contribution in [2.75, 3.05) is 0 Å². The Balaban J connectivity index is 1.98. The first-order valence-corrected chi connectivity index (χ1v) is 7.86. The third kappa shape index (κ3) is 2.72. The van der Waals surface area contributed by atoms with Crippen LogP contribution >= 0.6 is 0 Å². The first-order valence-electron chi connectivity index (χ1n) is 7.86. The van der Waals surface area contributed by atoms with Gasteiger partial charge in [0.15, 0.2) is 0 Å². The highest BCUT2D eigenvalue weighted by Gasteiger charge is 2.33. The van der Waals surface area contributed by atoms with Gasteiger partial charge in [0, 0.05) is 18.0 Å². The molecule has 0 saturated carbocycles. The van der Waals surface area contributed by atoms with Gasteiger partial charge in [-0.3, -0.25) is 0 Å². The standard InChI is InChI=1S/C17H24N4/c1-13(2)21-16(19-12-20-21)11-17(18)10-6-5-8-14-7-3-4-9-15(14)17/h3-4,7,9,12-13H,5-6,8,10-11,18H2,1-2H3. The minimum Gasteiger partial charge on any atom is -0.321 e. The minimum atomic E-state index is -0.327. The zero-order chi connectivity index (χ0) is 14.9. The molecule has 2 aromatic rings. The summed E-state index contributed by atoms with van der Waals surface area (Å²) >= 11 is 0. The molecule has 0 bridgehead atoms. The molecule has 21 heavy (non-hydrogen) atoms.